The number of esters is 2. The molecule has 2 fully saturated rings. The number of hydrogen-bond acceptors (Lipinski definition) is 11. The molecule has 2 unspecified atom stereocenters. The number of aromatic amines is 1. The van der Waals surface area contributed by atoms with Gasteiger partial charge in [0.1, 0.15) is 24.5 Å². The van der Waals surface area contributed by atoms with Crippen molar-refractivity contribution in [1.82, 2.24) is 9.55 Å². The summed E-state index contributed by atoms with van der Waals surface area (Å²) in [5, 5.41) is 0. The Bertz CT molecular complexity index is 846. The lowest BCUT2D eigenvalue weighted by molar-refractivity contribution is -0.188. The molecule has 0 aromatic carbocycles. The molecule has 0 saturated carbocycles. The SMILES string of the molecule is COC(=O)C(=O)OC1(C)C2O[SiH2]OSOC[C@H]2O[C@H]1n1ccc(=O)[nH]c1=S. The van der Waals surface area contributed by atoms with Crippen LogP contribution in [0.5, 0.6) is 0 Å². The molecular weight excluding hydrogens is 420 g/mol. The summed E-state index contributed by atoms with van der Waals surface area (Å²) in [6.45, 7) is 1.61. The minimum absolute atomic E-state index is 0.0471. The van der Waals surface area contributed by atoms with Gasteiger partial charge in [0.25, 0.3) is 5.56 Å². The number of rotatable bonds is 2. The highest BCUT2D eigenvalue weighted by molar-refractivity contribution is 7.90. The van der Waals surface area contributed by atoms with Crippen molar-refractivity contribution in [1.29, 1.82) is 0 Å². The molecule has 2 saturated heterocycles. The molecule has 0 amide bonds. The average Bonchev–Trinajstić information content (AvgIpc) is 2.85. The monoisotopic (exact) mass is 436 g/mol. The number of nitrogens with one attached hydrogen (secondary N) is 1. The van der Waals surface area contributed by atoms with Gasteiger partial charge in [0, 0.05) is 12.3 Å². The number of nitrogens with zero attached hydrogens (tertiary/aromatic N) is 1. The number of ether oxygens (including phenoxy) is 3. The van der Waals surface area contributed by atoms with E-state index in [0.29, 0.717) is 0 Å². The standard InChI is InChI=1S/C13H16N2O9S2Si/c1-13(22-10(18)9(17)19-2)8-6(5-20-26-24-27-23-8)21-11(13)15-4-3-7(16)14-12(15)25/h3-4,6,8,11H,5,27H2,1-2H3,(H,14,16,25)/t6-,8?,11-,13?/m1/s1. The summed E-state index contributed by atoms with van der Waals surface area (Å²) in [6, 6.07) is 1.24. The highest BCUT2D eigenvalue weighted by Gasteiger charge is 2.59. The summed E-state index contributed by atoms with van der Waals surface area (Å²) in [5.41, 5.74) is -1.88. The second kappa shape index (κ2) is 8.22. The Hall–Kier alpha value is -1.55. The molecule has 3 heterocycles. The second-order valence-electron chi connectivity index (χ2n) is 5.78. The summed E-state index contributed by atoms with van der Waals surface area (Å²) in [7, 11) is -0.424. The zero-order valence-corrected chi connectivity index (χ0v) is 17.3. The zero-order chi connectivity index (χ0) is 19.6. The predicted molar refractivity (Wildman–Crippen MR) is 94.4 cm³/mol. The Morgan fingerprint density at radius 1 is 1.48 bits per heavy atom. The molecule has 0 spiro atoms. The molecule has 27 heavy (non-hydrogen) atoms. The lowest BCUT2D eigenvalue weighted by Crippen LogP contribution is -2.51. The zero-order valence-electron chi connectivity index (χ0n) is 14.2. The van der Waals surface area contributed by atoms with Gasteiger partial charge in [-0.05, 0) is 19.1 Å². The van der Waals surface area contributed by atoms with Crippen LogP contribution in [0.15, 0.2) is 17.1 Å². The summed E-state index contributed by atoms with van der Waals surface area (Å²) < 4.78 is 33.6. The van der Waals surface area contributed by atoms with Crippen LogP contribution in [0.1, 0.15) is 13.2 Å². The minimum atomic E-state index is -1.49. The molecule has 148 valence electrons. The van der Waals surface area contributed by atoms with Crippen LogP contribution in [-0.2, 0) is 36.3 Å². The molecule has 11 nitrogen and oxygen atoms in total. The van der Waals surface area contributed by atoms with E-state index >= 15 is 0 Å². The van der Waals surface area contributed by atoms with Gasteiger partial charge in [-0.3, -0.25) is 18.5 Å². The molecule has 1 aromatic rings. The average molecular weight is 436 g/mol. The van der Waals surface area contributed by atoms with Gasteiger partial charge in [-0.25, -0.2) is 9.59 Å². The molecule has 1 aromatic heterocycles. The quantitative estimate of drug-likeness (QED) is 0.207. The van der Waals surface area contributed by atoms with Crippen molar-refractivity contribution >= 4 is 46.5 Å². The van der Waals surface area contributed by atoms with Crippen molar-refractivity contribution in [3.63, 3.8) is 0 Å². The van der Waals surface area contributed by atoms with Crippen LogP contribution in [-0.4, -0.2) is 63.0 Å². The van der Waals surface area contributed by atoms with E-state index in [4.69, 9.17) is 34.2 Å². The molecule has 2 aliphatic rings. The van der Waals surface area contributed by atoms with Gasteiger partial charge < -0.3 is 22.5 Å². The van der Waals surface area contributed by atoms with Crippen LogP contribution in [0.25, 0.3) is 0 Å². The topological polar surface area (TPSA) is 127 Å². The first kappa shape index (κ1) is 20.2. The van der Waals surface area contributed by atoms with Gasteiger partial charge >= 0.3 is 21.9 Å². The van der Waals surface area contributed by atoms with Crippen LogP contribution in [0.2, 0.25) is 0 Å². The third-order valence-electron chi connectivity index (χ3n) is 4.09. The van der Waals surface area contributed by atoms with E-state index in [2.05, 4.69) is 9.72 Å². The van der Waals surface area contributed by atoms with E-state index in [9.17, 15) is 14.4 Å². The molecule has 3 rings (SSSR count). The number of H-pyrrole nitrogens is 1. The van der Waals surface area contributed by atoms with Gasteiger partial charge in [0.2, 0.25) is 0 Å². The Labute approximate surface area is 164 Å². The summed E-state index contributed by atoms with van der Waals surface area (Å²) in [4.78, 5) is 37.7. The van der Waals surface area contributed by atoms with E-state index in [1.54, 1.807) is 6.92 Å². The Kier molecular flexibility index (Phi) is 6.14. The van der Waals surface area contributed by atoms with Crippen LogP contribution in [0.4, 0.5) is 0 Å². The van der Waals surface area contributed by atoms with Gasteiger partial charge in [-0.15, -0.1) is 0 Å². The first-order chi connectivity index (χ1) is 12.9. The normalized spacial score (nSPS) is 31.6. The lowest BCUT2D eigenvalue weighted by atomic mass is 9.96. The number of aromatic nitrogens is 2. The van der Waals surface area contributed by atoms with Crippen LogP contribution in [0.3, 0.4) is 0 Å². The van der Waals surface area contributed by atoms with Gasteiger partial charge in [-0.1, -0.05) is 0 Å². The fourth-order valence-electron chi connectivity index (χ4n) is 2.92. The highest BCUT2D eigenvalue weighted by Crippen LogP contribution is 2.43. The number of methoxy groups -OCH3 is 1. The van der Waals surface area contributed by atoms with E-state index in [1.165, 1.54) is 16.8 Å². The number of fused-ring (bicyclic) bond motifs is 1. The molecule has 0 bridgehead atoms. The number of carbonyl (C=O) groups is 2. The lowest BCUT2D eigenvalue weighted by Gasteiger charge is -2.35. The van der Waals surface area contributed by atoms with Crippen molar-refractivity contribution in [3.8, 4) is 0 Å². The van der Waals surface area contributed by atoms with E-state index in [-0.39, 0.29) is 11.4 Å². The summed E-state index contributed by atoms with van der Waals surface area (Å²) in [6.07, 6.45) is -1.02. The Morgan fingerprint density at radius 3 is 2.96 bits per heavy atom. The predicted octanol–water partition coefficient (Wildman–Crippen LogP) is -0.728. The second-order valence-corrected chi connectivity index (χ2v) is 8.06. The maximum absolute atomic E-state index is 12.1. The van der Waals surface area contributed by atoms with Crippen LogP contribution < -0.4 is 5.56 Å². The number of hydrogen-bond donors (Lipinski definition) is 1. The van der Waals surface area contributed by atoms with E-state index in [0.717, 1.165) is 19.4 Å². The molecule has 0 radical (unpaired) electrons. The van der Waals surface area contributed by atoms with Crippen LogP contribution in [0, 0.1) is 4.77 Å². The van der Waals surface area contributed by atoms with Crippen molar-refractivity contribution in [2.75, 3.05) is 13.7 Å². The number of carbonyl (C=O) groups excluding carboxylic acids is 2. The first-order valence-corrected chi connectivity index (χ1v) is 9.90. The van der Waals surface area contributed by atoms with E-state index < -0.39 is 51.5 Å². The molecule has 0 aliphatic carbocycles. The van der Waals surface area contributed by atoms with Gasteiger partial charge in [-0.2, -0.15) is 0 Å². The van der Waals surface area contributed by atoms with Crippen LogP contribution >= 0.6 is 24.5 Å². The highest BCUT2D eigenvalue weighted by atomic mass is 32.2. The molecular formula is C13H16N2O9S2Si. The van der Waals surface area contributed by atoms with Crippen molar-refractivity contribution < 1.29 is 36.3 Å². The maximum Gasteiger partial charge on any atom is 0.418 e. The molecule has 1 N–H and O–H groups in total. The van der Waals surface area contributed by atoms with Gasteiger partial charge in [0.05, 0.1) is 13.7 Å². The largest absolute Gasteiger partial charge is 0.461 e. The third-order valence-corrected chi connectivity index (χ3v) is 5.90. The Morgan fingerprint density at radius 2 is 2.26 bits per heavy atom. The molecule has 4 atom stereocenters. The van der Waals surface area contributed by atoms with Crippen molar-refractivity contribution in [3.05, 3.63) is 27.4 Å². The fraction of sp³-hybridized carbons (Fsp3) is 0.538. The summed E-state index contributed by atoms with van der Waals surface area (Å²) >= 11 is 5.99. The maximum atomic E-state index is 12.1. The Balaban J connectivity index is 2.02. The third kappa shape index (κ3) is 4.01. The first-order valence-electron chi connectivity index (χ1n) is 7.67. The smallest absolute Gasteiger partial charge is 0.418 e. The van der Waals surface area contributed by atoms with Crippen molar-refractivity contribution in [2.45, 2.75) is 31.0 Å². The molecule has 2 aliphatic heterocycles. The minimum Gasteiger partial charge on any atom is -0.461 e. The fourth-order valence-corrected chi connectivity index (χ4v) is 4.71. The summed E-state index contributed by atoms with van der Waals surface area (Å²) in [5.74, 6) is -2.39. The van der Waals surface area contributed by atoms with Crippen molar-refractivity contribution in [2.24, 2.45) is 0 Å². The van der Waals surface area contributed by atoms with E-state index in [1.807, 2.05) is 0 Å². The van der Waals surface area contributed by atoms with Gasteiger partial charge in [0.15, 0.2) is 16.6 Å². The molecule has 14 heteroatoms.